The molecule has 4 aliphatic rings. The van der Waals surface area contributed by atoms with Crippen molar-refractivity contribution in [3.63, 3.8) is 0 Å². The summed E-state index contributed by atoms with van der Waals surface area (Å²) in [5.41, 5.74) is 10.3. The van der Waals surface area contributed by atoms with Crippen LogP contribution in [0.3, 0.4) is 0 Å². The highest BCUT2D eigenvalue weighted by Gasteiger charge is 2.11. The van der Waals surface area contributed by atoms with Crippen LogP contribution in [-0.4, -0.2) is 4.98 Å². The summed E-state index contributed by atoms with van der Waals surface area (Å²) in [5.74, 6) is 0. The van der Waals surface area contributed by atoms with E-state index in [1.807, 2.05) is 24.4 Å². The highest BCUT2D eigenvalue weighted by atomic mass is 35.5. The minimum absolute atomic E-state index is 0.761. The third-order valence-electron chi connectivity index (χ3n) is 6.78. The molecule has 0 fully saturated rings. The Labute approximate surface area is 199 Å². The minimum Gasteiger partial charge on any atom is -0.256 e. The summed E-state index contributed by atoms with van der Waals surface area (Å²) in [6.45, 7) is 0. The molecule has 0 atom stereocenters. The molecule has 1 heterocycles. The highest BCUT2D eigenvalue weighted by Crippen LogP contribution is 2.31. The van der Waals surface area contributed by atoms with Gasteiger partial charge in [-0.25, -0.2) is 0 Å². The van der Waals surface area contributed by atoms with E-state index in [-0.39, 0.29) is 0 Å². The molecule has 0 saturated carbocycles. The quantitative estimate of drug-likeness (QED) is 0.267. The summed E-state index contributed by atoms with van der Waals surface area (Å²) < 4.78 is 0. The second-order valence-electron chi connectivity index (χ2n) is 8.92. The molecule has 1 nitrogen and oxygen atoms in total. The molecule has 1 aromatic heterocycles. The van der Waals surface area contributed by atoms with Gasteiger partial charge in [-0.15, -0.1) is 0 Å². The second-order valence-corrected chi connectivity index (χ2v) is 9.32. The topological polar surface area (TPSA) is 12.9 Å². The van der Waals surface area contributed by atoms with Crippen LogP contribution in [0.15, 0.2) is 97.2 Å². The van der Waals surface area contributed by atoms with Crippen molar-refractivity contribution in [1.82, 2.24) is 4.98 Å². The van der Waals surface area contributed by atoms with Crippen LogP contribution in [-0.2, 0) is 25.7 Å². The van der Waals surface area contributed by atoms with E-state index in [0.717, 1.165) is 52.7 Å². The summed E-state index contributed by atoms with van der Waals surface area (Å²) in [5, 5.41) is 2.86. The van der Waals surface area contributed by atoms with Crippen molar-refractivity contribution in [3.8, 4) is 22.4 Å². The predicted molar refractivity (Wildman–Crippen MR) is 139 cm³/mol. The first-order valence-corrected chi connectivity index (χ1v) is 12.0. The summed E-state index contributed by atoms with van der Waals surface area (Å²) in [6.07, 6.45) is 6.15. The third kappa shape index (κ3) is 4.05. The highest BCUT2D eigenvalue weighted by molar-refractivity contribution is 6.35. The lowest BCUT2D eigenvalue weighted by atomic mass is 9.90. The Morgan fingerprint density at radius 1 is 0.606 bits per heavy atom. The predicted octanol–water partition coefficient (Wildman–Crippen LogP) is 8.11. The molecule has 5 aromatic rings. The number of hydrogen-bond donors (Lipinski definition) is 0. The molecule has 9 rings (SSSR count). The molecule has 160 valence electrons. The monoisotopic (exact) mass is 445 g/mol. The van der Waals surface area contributed by atoms with Crippen LogP contribution < -0.4 is 0 Å². The lowest BCUT2D eigenvalue weighted by Gasteiger charge is -2.15. The number of benzene rings is 4. The van der Waals surface area contributed by atoms with Crippen molar-refractivity contribution in [1.29, 1.82) is 0 Å². The Balaban J connectivity index is 1.35. The first-order chi connectivity index (χ1) is 16.2. The maximum Gasteiger partial charge on any atom is 0.0708 e. The fraction of sp³-hybridized carbons (Fsp3) is 0.129. The van der Waals surface area contributed by atoms with Gasteiger partial charge in [0.1, 0.15) is 0 Å². The molecule has 2 heteroatoms. The molecule has 0 spiro atoms. The van der Waals surface area contributed by atoms with Gasteiger partial charge >= 0.3 is 0 Å². The largest absolute Gasteiger partial charge is 0.256 e. The number of rotatable bonds is 2. The van der Waals surface area contributed by atoms with Crippen molar-refractivity contribution in [2.45, 2.75) is 25.7 Å². The van der Waals surface area contributed by atoms with Crippen LogP contribution in [0.1, 0.15) is 22.3 Å². The van der Waals surface area contributed by atoms with Crippen molar-refractivity contribution in [2.75, 3.05) is 0 Å². The number of nitrogens with zero attached hydrogens (tertiary/aromatic N) is 1. The van der Waals surface area contributed by atoms with E-state index in [9.17, 15) is 0 Å². The van der Waals surface area contributed by atoms with Gasteiger partial charge in [-0.2, -0.15) is 0 Å². The summed E-state index contributed by atoms with van der Waals surface area (Å²) >= 11 is 6.42. The fourth-order valence-electron chi connectivity index (χ4n) is 4.82. The van der Waals surface area contributed by atoms with E-state index >= 15 is 0 Å². The van der Waals surface area contributed by atoms with E-state index in [1.165, 1.54) is 33.4 Å². The van der Waals surface area contributed by atoms with Crippen LogP contribution in [0.5, 0.6) is 0 Å². The molecular formula is C31H24ClN. The molecule has 4 aromatic carbocycles. The number of aryl methyl sites for hydroxylation is 4. The smallest absolute Gasteiger partial charge is 0.0708 e. The minimum atomic E-state index is 0.761. The molecule has 0 saturated heterocycles. The van der Waals surface area contributed by atoms with Crippen molar-refractivity contribution >= 4 is 22.4 Å². The zero-order valence-corrected chi connectivity index (χ0v) is 19.1. The maximum absolute atomic E-state index is 6.42. The lowest BCUT2D eigenvalue weighted by molar-refractivity contribution is 0.923. The van der Waals surface area contributed by atoms with Gasteiger partial charge in [0.2, 0.25) is 0 Å². The molecule has 33 heavy (non-hydrogen) atoms. The molecule has 0 radical (unpaired) electrons. The summed E-state index contributed by atoms with van der Waals surface area (Å²) in [7, 11) is 0. The Bertz CT molecular complexity index is 1450. The van der Waals surface area contributed by atoms with E-state index in [2.05, 4.69) is 77.8 Å². The van der Waals surface area contributed by atoms with Gasteiger partial charge in [0, 0.05) is 27.6 Å². The average Bonchev–Trinajstić information content (AvgIpc) is 2.86. The molecule has 0 aliphatic heterocycles. The van der Waals surface area contributed by atoms with Gasteiger partial charge < -0.3 is 0 Å². The molecule has 4 aliphatic carbocycles. The van der Waals surface area contributed by atoms with Gasteiger partial charge in [-0.05, 0) is 71.2 Å². The summed E-state index contributed by atoms with van der Waals surface area (Å²) in [6, 6.07) is 33.0. The normalized spacial score (nSPS) is 13.1. The van der Waals surface area contributed by atoms with E-state index in [4.69, 9.17) is 11.6 Å². The van der Waals surface area contributed by atoms with Gasteiger partial charge in [-0.1, -0.05) is 90.5 Å². The Morgan fingerprint density at radius 2 is 1.27 bits per heavy atom. The standard InChI is InChI=1S/C31H24ClN/c32-30-3-1-2-27-20-33-31(19-29(27)30)26-16-14-25(15-17-26)28-18-23-9-8-21-4-6-22(7-5-21)10-12-24(28)13-11-23/h1-7,11,13-20H,8-10,12H2. The van der Waals surface area contributed by atoms with Crippen LogP contribution in [0, 0.1) is 0 Å². The molecular weight excluding hydrogens is 422 g/mol. The zero-order valence-electron chi connectivity index (χ0n) is 18.4. The molecule has 0 amide bonds. The Morgan fingerprint density at radius 3 is 2.06 bits per heavy atom. The zero-order chi connectivity index (χ0) is 22.2. The first kappa shape index (κ1) is 20.2. The number of aromatic nitrogens is 1. The molecule has 0 unspecified atom stereocenters. The second kappa shape index (κ2) is 8.50. The Hall–Kier alpha value is -3.42. The van der Waals surface area contributed by atoms with Crippen LogP contribution in [0.25, 0.3) is 33.2 Å². The van der Waals surface area contributed by atoms with Crippen molar-refractivity contribution in [2.24, 2.45) is 0 Å². The van der Waals surface area contributed by atoms with Gasteiger partial charge in [0.15, 0.2) is 0 Å². The average molecular weight is 446 g/mol. The van der Waals surface area contributed by atoms with Crippen molar-refractivity contribution in [3.05, 3.63) is 124 Å². The van der Waals surface area contributed by atoms with E-state index < -0.39 is 0 Å². The van der Waals surface area contributed by atoms with Crippen LogP contribution in [0.2, 0.25) is 5.02 Å². The number of halogens is 1. The van der Waals surface area contributed by atoms with Gasteiger partial charge in [0.05, 0.1) is 5.69 Å². The fourth-order valence-corrected chi connectivity index (χ4v) is 5.05. The van der Waals surface area contributed by atoms with Gasteiger partial charge in [0.25, 0.3) is 0 Å². The lowest BCUT2D eigenvalue weighted by Crippen LogP contribution is -2.00. The van der Waals surface area contributed by atoms with E-state index in [1.54, 1.807) is 0 Å². The number of hydrogen-bond acceptors (Lipinski definition) is 1. The summed E-state index contributed by atoms with van der Waals surface area (Å²) in [4.78, 5) is 4.68. The van der Waals surface area contributed by atoms with E-state index in [0.29, 0.717) is 0 Å². The SMILES string of the molecule is Clc1cccc2cnc(-c3ccc(-c4cc5ccc4CCc4ccc(cc4)CC5)cc3)cc12. The van der Waals surface area contributed by atoms with Crippen LogP contribution in [0.4, 0.5) is 0 Å². The van der Waals surface area contributed by atoms with Gasteiger partial charge in [-0.3, -0.25) is 4.98 Å². The number of pyridine rings is 1. The van der Waals surface area contributed by atoms with Crippen LogP contribution >= 0.6 is 11.6 Å². The Kier molecular flexibility index (Phi) is 5.20. The van der Waals surface area contributed by atoms with Crippen molar-refractivity contribution < 1.29 is 0 Å². The first-order valence-electron chi connectivity index (χ1n) is 11.6. The molecule has 4 bridgehead atoms. The third-order valence-corrected chi connectivity index (χ3v) is 7.11. The maximum atomic E-state index is 6.42. The number of fused-ring (bicyclic) bond motifs is 1. The molecule has 0 N–H and O–H groups in total.